The van der Waals surface area contributed by atoms with Crippen LogP contribution in [0.4, 0.5) is 11.6 Å². The van der Waals surface area contributed by atoms with Crippen LogP contribution in [0.1, 0.15) is 17.9 Å². The first-order valence-electron chi connectivity index (χ1n) is 5.83. The van der Waals surface area contributed by atoms with Gasteiger partial charge in [-0.2, -0.15) is 0 Å². The molecule has 1 fully saturated rings. The zero-order chi connectivity index (χ0) is 12.5. The molecule has 0 aliphatic heterocycles. The first-order chi connectivity index (χ1) is 8.75. The van der Waals surface area contributed by atoms with Gasteiger partial charge in [0.25, 0.3) is 0 Å². The van der Waals surface area contributed by atoms with E-state index < -0.39 is 0 Å². The Hall–Kier alpha value is -1.62. The summed E-state index contributed by atoms with van der Waals surface area (Å²) in [5.74, 6) is 1.80. The van der Waals surface area contributed by atoms with Gasteiger partial charge in [0.05, 0.1) is 0 Å². The fourth-order valence-electron chi connectivity index (χ4n) is 2.08. The second-order valence-electron chi connectivity index (χ2n) is 4.43. The van der Waals surface area contributed by atoms with Crippen LogP contribution >= 0.6 is 15.9 Å². The molecule has 1 saturated carbocycles. The topological polar surface area (TPSA) is 63.8 Å². The molecule has 4 nitrogen and oxygen atoms in total. The lowest BCUT2D eigenvalue weighted by molar-refractivity contribution is 1.02. The van der Waals surface area contributed by atoms with E-state index in [9.17, 15) is 0 Å². The highest BCUT2D eigenvalue weighted by Gasteiger charge is 2.38. The third kappa shape index (κ3) is 2.18. The van der Waals surface area contributed by atoms with Crippen LogP contribution in [0.2, 0.25) is 0 Å². The molecule has 0 spiro atoms. The second kappa shape index (κ2) is 4.57. The molecular weight excluding hydrogens is 292 g/mol. The summed E-state index contributed by atoms with van der Waals surface area (Å²) in [4.78, 5) is 8.12. The molecule has 0 amide bonds. The average Bonchev–Trinajstić information content (AvgIpc) is 3.15. The molecule has 1 heterocycles. The maximum Gasteiger partial charge on any atom is 0.146 e. The van der Waals surface area contributed by atoms with Crippen LogP contribution < -0.4 is 11.1 Å². The maximum atomic E-state index is 5.72. The lowest BCUT2D eigenvalue weighted by Crippen LogP contribution is -2.08. The molecule has 2 aromatic rings. The van der Waals surface area contributed by atoms with Crippen LogP contribution in [0.25, 0.3) is 0 Å². The normalized spacial score (nSPS) is 21.6. The minimum absolute atomic E-state index is 0.429. The number of halogens is 1. The van der Waals surface area contributed by atoms with Gasteiger partial charge in [-0.05, 0) is 27.9 Å². The van der Waals surface area contributed by atoms with E-state index in [-0.39, 0.29) is 0 Å². The Balaban J connectivity index is 1.71. The molecular formula is C13H13BrN4. The van der Waals surface area contributed by atoms with Gasteiger partial charge in [0.1, 0.15) is 22.4 Å². The van der Waals surface area contributed by atoms with E-state index in [0.717, 1.165) is 16.7 Å². The molecule has 18 heavy (non-hydrogen) atoms. The molecule has 3 N–H and O–H groups in total. The number of anilines is 2. The van der Waals surface area contributed by atoms with Gasteiger partial charge >= 0.3 is 0 Å². The number of nitrogens with zero attached hydrogens (tertiary/aromatic N) is 2. The van der Waals surface area contributed by atoms with Gasteiger partial charge < -0.3 is 11.1 Å². The van der Waals surface area contributed by atoms with E-state index in [0.29, 0.717) is 17.8 Å². The van der Waals surface area contributed by atoms with Crippen molar-refractivity contribution in [2.24, 2.45) is 0 Å². The van der Waals surface area contributed by atoms with Gasteiger partial charge in [-0.15, -0.1) is 0 Å². The van der Waals surface area contributed by atoms with Gasteiger partial charge in [-0.1, -0.05) is 30.3 Å². The summed E-state index contributed by atoms with van der Waals surface area (Å²) in [7, 11) is 0. The first-order valence-corrected chi connectivity index (χ1v) is 6.62. The van der Waals surface area contributed by atoms with Crippen LogP contribution in [0.5, 0.6) is 0 Å². The molecule has 92 valence electrons. The molecule has 3 rings (SSSR count). The fourth-order valence-corrected chi connectivity index (χ4v) is 2.40. The smallest absolute Gasteiger partial charge is 0.146 e. The van der Waals surface area contributed by atoms with Gasteiger partial charge in [0, 0.05) is 12.0 Å². The number of nitrogen functional groups attached to an aromatic ring is 1. The molecule has 0 saturated heterocycles. The summed E-state index contributed by atoms with van der Waals surface area (Å²) in [6.07, 6.45) is 2.60. The van der Waals surface area contributed by atoms with Gasteiger partial charge in [0.15, 0.2) is 0 Å². The van der Waals surface area contributed by atoms with Crippen LogP contribution in [0.3, 0.4) is 0 Å². The SMILES string of the molecule is Nc1ncnc(NC2CC2c2ccccc2)c1Br. The van der Waals surface area contributed by atoms with Gasteiger partial charge in [-0.25, -0.2) is 9.97 Å². The third-order valence-corrected chi connectivity index (χ3v) is 3.94. The fraction of sp³-hybridized carbons (Fsp3) is 0.231. The van der Waals surface area contributed by atoms with E-state index in [4.69, 9.17) is 5.73 Å². The Morgan fingerprint density at radius 1 is 1.22 bits per heavy atom. The van der Waals surface area contributed by atoms with Crippen molar-refractivity contribution in [3.05, 3.63) is 46.7 Å². The Labute approximate surface area is 114 Å². The van der Waals surface area contributed by atoms with Crippen molar-refractivity contribution in [3.8, 4) is 0 Å². The molecule has 1 aromatic heterocycles. The highest BCUT2D eigenvalue weighted by atomic mass is 79.9. The Morgan fingerprint density at radius 2 is 2.00 bits per heavy atom. The van der Waals surface area contributed by atoms with Crippen molar-refractivity contribution < 1.29 is 0 Å². The number of nitrogens with two attached hydrogens (primary N) is 1. The van der Waals surface area contributed by atoms with Gasteiger partial charge in [-0.3, -0.25) is 0 Å². The van der Waals surface area contributed by atoms with E-state index >= 15 is 0 Å². The Morgan fingerprint density at radius 3 is 2.78 bits per heavy atom. The van der Waals surface area contributed by atoms with Crippen molar-refractivity contribution in [2.75, 3.05) is 11.1 Å². The standard InChI is InChI=1S/C13H13BrN4/c14-11-12(15)16-7-17-13(11)18-10-6-9(10)8-4-2-1-3-5-8/h1-5,7,9-10H,6H2,(H3,15,16,17,18). The number of benzene rings is 1. The highest BCUT2D eigenvalue weighted by molar-refractivity contribution is 9.10. The van der Waals surface area contributed by atoms with Crippen LogP contribution in [-0.2, 0) is 0 Å². The molecule has 5 heteroatoms. The van der Waals surface area contributed by atoms with E-state index in [1.165, 1.54) is 11.9 Å². The molecule has 2 unspecified atom stereocenters. The summed E-state index contributed by atoms with van der Waals surface area (Å²) >= 11 is 3.40. The average molecular weight is 305 g/mol. The number of hydrogen-bond acceptors (Lipinski definition) is 4. The zero-order valence-corrected chi connectivity index (χ0v) is 11.3. The predicted octanol–water partition coefficient (Wildman–Crippen LogP) is 2.79. The van der Waals surface area contributed by atoms with Crippen LogP contribution in [0.15, 0.2) is 41.1 Å². The minimum atomic E-state index is 0.429. The largest absolute Gasteiger partial charge is 0.383 e. The number of hydrogen-bond donors (Lipinski definition) is 2. The van der Waals surface area contributed by atoms with Crippen molar-refractivity contribution in [1.82, 2.24) is 9.97 Å². The first kappa shape index (κ1) is 11.5. The van der Waals surface area contributed by atoms with E-state index in [1.54, 1.807) is 0 Å². The summed E-state index contributed by atoms with van der Waals surface area (Å²) in [5.41, 5.74) is 7.09. The summed E-state index contributed by atoms with van der Waals surface area (Å²) in [6, 6.07) is 10.9. The number of nitrogens with one attached hydrogen (secondary N) is 1. The van der Waals surface area contributed by atoms with E-state index in [1.807, 2.05) is 6.07 Å². The molecule has 0 radical (unpaired) electrons. The molecule has 1 aromatic carbocycles. The predicted molar refractivity (Wildman–Crippen MR) is 75.4 cm³/mol. The van der Waals surface area contributed by atoms with Crippen LogP contribution in [-0.4, -0.2) is 16.0 Å². The van der Waals surface area contributed by atoms with Crippen molar-refractivity contribution in [1.29, 1.82) is 0 Å². The monoisotopic (exact) mass is 304 g/mol. The highest BCUT2D eigenvalue weighted by Crippen LogP contribution is 2.43. The molecule has 1 aliphatic carbocycles. The zero-order valence-electron chi connectivity index (χ0n) is 9.68. The number of rotatable bonds is 3. The van der Waals surface area contributed by atoms with Crippen molar-refractivity contribution >= 4 is 27.6 Å². The molecule has 2 atom stereocenters. The van der Waals surface area contributed by atoms with Crippen molar-refractivity contribution in [2.45, 2.75) is 18.4 Å². The van der Waals surface area contributed by atoms with E-state index in [2.05, 4.69) is 55.5 Å². The summed E-state index contributed by atoms with van der Waals surface area (Å²) in [5, 5.41) is 3.40. The summed E-state index contributed by atoms with van der Waals surface area (Å²) in [6.45, 7) is 0. The van der Waals surface area contributed by atoms with Gasteiger partial charge in [0.2, 0.25) is 0 Å². The lowest BCUT2D eigenvalue weighted by atomic mass is 10.1. The quantitative estimate of drug-likeness (QED) is 0.915. The molecule has 0 bridgehead atoms. The Kier molecular flexibility index (Phi) is 2.91. The minimum Gasteiger partial charge on any atom is -0.383 e. The second-order valence-corrected chi connectivity index (χ2v) is 5.22. The summed E-state index contributed by atoms with van der Waals surface area (Å²) < 4.78 is 0.740. The molecule has 1 aliphatic rings. The Bertz CT molecular complexity index is 558. The van der Waals surface area contributed by atoms with Crippen molar-refractivity contribution in [3.63, 3.8) is 0 Å². The third-order valence-electron chi connectivity index (χ3n) is 3.16. The maximum absolute atomic E-state index is 5.72. The number of aromatic nitrogens is 2. The van der Waals surface area contributed by atoms with Crippen LogP contribution in [0, 0.1) is 0 Å². The lowest BCUT2D eigenvalue weighted by Gasteiger charge is -2.08.